The Labute approximate surface area is 92.2 Å². The lowest BCUT2D eigenvalue weighted by Crippen LogP contribution is -1.96. The lowest BCUT2D eigenvalue weighted by Gasteiger charge is -1.96. The smallest absolute Gasteiger partial charge is 0.114 e. The molecule has 1 aromatic rings. The minimum Gasteiger partial charge on any atom is -0.279 e. The maximum atomic E-state index is 4.20. The van der Waals surface area contributed by atoms with Crippen molar-refractivity contribution in [1.29, 1.82) is 0 Å². The van der Waals surface area contributed by atoms with Crippen LogP contribution in [0.4, 0.5) is 0 Å². The topological polar surface area (TPSA) is 12.4 Å². The van der Waals surface area contributed by atoms with Crippen molar-refractivity contribution in [1.82, 2.24) is 0 Å². The molecule has 0 radical (unpaired) electrons. The highest BCUT2D eigenvalue weighted by Crippen LogP contribution is 2.00. The van der Waals surface area contributed by atoms with Crippen molar-refractivity contribution in [3.8, 4) is 11.8 Å². The van der Waals surface area contributed by atoms with Crippen LogP contribution in [0.25, 0.3) is 0 Å². The highest BCUT2D eigenvalue weighted by atomic mass is 14.7. The van der Waals surface area contributed by atoms with E-state index >= 15 is 0 Å². The molecule has 0 aliphatic carbocycles. The van der Waals surface area contributed by atoms with Crippen molar-refractivity contribution in [3.63, 3.8) is 0 Å². The summed E-state index contributed by atoms with van der Waals surface area (Å²) in [5, 5.41) is 0. The van der Waals surface area contributed by atoms with Crippen molar-refractivity contribution >= 4 is 5.71 Å². The molecule has 1 aromatic carbocycles. The number of benzene rings is 1. The van der Waals surface area contributed by atoms with Crippen molar-refractivity contribution in [2.75, 3.05) is 7.05 Å². The summed E-state index contributed by atoms with van der Waals surface area (Å²) in [7, 11) is 1.79. The molecule has 78 valence electrons. The minimum atomic E-state index is 0.881. The van der Waals surface area contributed by atoms with Gasteiger partial charge in [-0.2, -0.15) is 0 Å². The normalized spacial score (nSPS) is 10.7. The number of aliphatic imine (C=N–C) groups is 1. The fourth-order valence-electron chi connectivity index (χ4n) is 1.26. The summed E-state index contributed by atoms with van der Waals surface area (Å²) in [6, 6.07) is 10.1. The Morgan fingerprint density at radius 2 is 2.00 bits per heavy atom. The third kappa shape index (κ3) is 3.99. The average molecular weight is 199 g/mol. The van der Waals surface area contributed by atoms with E-state index in [1.54, 1.807) is 7.05 Å². The molecule has 0 unspecified atom stereocenters. The first kappa shape index (κ1) is 11.5. The molecule has 1 rings (SSSR count). The Bertz CT molecular complexity index is 365. The van der Waals surface area contributed by atoms with E-state index < -0.39 is 0 Å². The second-order valence-corrected chi connectivity index (χ2v) is 3.34. The van der Waals surface area contributed by atoms with E-state index in [-0.39, 0.29) is 0 Å². The third-order valence-electron chi connectivity index (χ3n) is 2.13. The highest BCUT2D eigenvalue weighted by Gasteiger charge is 1.95. The van der Waals surface area contributed by atoms with Crippen LogP contribution in [0.2, 0.25) is 0 Å². The zero-order valence-corrected chi connectivity index (χ0v) is 9.46. The third-order valence-corrected chi connectivity index (χ3v) is 2.13. The van der Waals surface area contributed by atoms with E-state index in [0.29, 0.717) is 0 Å². The van der Waals surface area contributed by atoms with Gasteiger partial charge in [0.05, 0.1) is 0 Å². The van der Waals surface area contributed by atoms with Crippen molar-refractivity contribution < 1.29 is 0 Å². The van der Waals surface area contributed by atoms with Gasteiger partial charge in [0.2, 0.25) is 0 Å². The Morgan fingerprint density at radius 3 is 2.60 bits per heavy atom. The van der Waals surface area contributed by atoms with Gasteiger partial charge in [-0.25, -0.2) is 0 Å². The fourth-order valence-corrected chi connectivity index (χ4v) is 1.26. The molecule has 0 aliphatic heterocycles. The first-order valence-corrected chi connectivity index (χ1v) is 5.39. The van der Waals surface area contributed by atoms with Gasteiger partial charge in [-0.15, -0.1) is 0 Å². The van der Waals surface area contributed by atoms with Gasteiger partial charge in [-0.05, 0) is 12.3 Å². The van der Waals surface area contributed by atoms with Gasteiger partial charge in [0, 0.05) is 19.0 Å². The predicted octanol–water partition coefficient (Wildman–Crippen LogP) is 3.30. The first-order chi connectivity index (χ1) is 7.38. The van der Waals surface area contributed by atoms with Gasteiger partial charge >= 0.3 is 0 Å². The van der Waals surface area contributed by atoms with Gasteiger partial charge in [-0.3, -0.25) is 4.99 Å². The van der Waals surface area contributed by atoms with Crippen molar-refractivity contribution in [2.24, 2.45) is 4.99 Å². The monoisotopic (exact) mass is 199 g/mol. The molecular weight excluding hydrogens is 182 g/mol. The van der Waals surface area contributed by atoms with Crippen LogP contribution < -0.4 is 0 Å². The summed E-state index contributed by atoms with van der Waals surface area (Å²) >= 11 is 0. The standard InChI is InChI=1S/C14H17N/c1-3-4-5-9-12-14(15-2)13-10-7-6-8-11-13/h6-8,10-11H,3-5H2,1-2H3. The number of nitrogens with zero attached hydrogens (tertiary/aromatic N) is 1. The zero-order chi connectivity index (χ0) is 10.9. The molecule has 0 amide bonds. The minimum absolute atomic E-state index is 0.881. The lowest BCUT2D eigenvalue weighted by atomic mass is 10.1. The van der Waals surface area contributed by atoms with Crippen LogP contribution >= 0.6 is 0 Å². The fraction of sp³-hybridized carbons (Fsp3) is 0.357. The van der Waals surface area contributed by atoms with E-state index in [1.165, 1.54) is 12.8 Å². The molecule has 0 saturated carbocycles. The van der Waals surface area contributed by atoms with Crippen LogP contribution in [0.15, 0.2) is 35.3 Å². The Hall–Kier alpha value is -1.55. The van der Waals surface area contributed by atoms with E-state index in [2.05, 4.69) is 23.8 Å². The second-order valence-electron chi connectivity index (χ2n) is 3.34. The van der Waals surface area contributed by atoms with E-state index in [9.17, 15) is 0 Å². The van der Waals surface area contributed by atoms with Gasteiger partial charge in [-0.1, -0.05) is 49.6 Å². The predicted molar refractivity (Wildman–Crippen MR) is 66.2 cm³/mol. The van der Waals surface area contributed by atoms with E-state index in [4.69, 9.17) is 0 Å². The molecule has 1 heteroatoms. The quantitative estimate of drug-likeness (QED) is 0.402. The zero-order valence-electron chi connectivity index (χ0n) is 9.46. The molecule has 0 fully saturated rings. The number of unbranched alkanes of at least 4 members (excludes halogenated alkanes) is 2. The van der Waals surface area contributed by atoms with Crippen LogP contribution in [0.5, 0.6) is 0 Å². The molecule has 0 aromatic heterocycles. The summed E-state index contributed by atoms with van der Waals surface area (Å²) in [5.74, 6) is 6.28. The summed E-state index contributed by atoms with van der Waals surface area (Å²) in [6.07, 6.45) is 3.32. The van der Waals surface area contributed by atoms with Gasteiger partial charge in [0.1, 0.15) is 5.71 Å². The van der Waals surface area contributed by atoms with E-state index in [0.717, 1.165) is 17.7 Å². The number of hydrogen-bond donors (Lipinski definition) is 0. The van der Waals surface area contributed by atoms with Crippen molar-refractivity contribution in [2.45, 2.75) is 26.2 Å². The summed E-state index contributed by atoms with van der Waals surface area (Å²) in [6.45, 7) is 2.17. The van der Waals surface area contributed by atoms with Crippen LogP contribution in [0.1, 0.15) is 31.7 Å². The molecule has 0 saturated heterocycles. The molecule has 0 spiro atoms. The first-order valence-electron chi connectivity index (χ1n) is 5.39. The van der Waals surface area contributed by atoms with Gasteiger partial charge in [0.15, 0.2) is 0 Å². The molecule has 0 bridgehead atoms. The Morgan fingerprint density at radius 1 is 1.27 bits per heavy atom. The van der Waals surface area contributed by atoms with Gasteiger partial charge in [0.25, 0.3) is 0 Å². The highest BCUT2D eigenvalue weighted by molar-refractivity contribution is 6.12. The van der Waals surface area contributed by atoms with Crippen LogP contribution in [-0.4, -0.2) is 12.8 Å². The maximum Gasteiger partial charge on any atom is 0.114 e. The Balaban J connectivity index is 2.69. The lowest BCUT2D eigenvalue weighted by molar-refractivity contribution is 0.828. The largest absolute Gasteiger partial charge is 0.279 e. The number of rotatable bonds is 3. The van der Waals surface area contributed by atoms with Gasteiger partial charge < -0.3 is 0 Å². The summed E-state index contributed by atoms with van der Waals surface area (Å²) in [4.78, 5) is 4.20. The summed E-state index contributed by atoms with van der Waals surface area (Å²) < 4.78 is 0. The molecule has 0 N–H and O–H groups in total. The second kappa shape index (κ2) is 6.84. The van der Waals surface area contributed by atoms with Crippen LogP contribution in [-0.2, 0) is 0 Å². The molecule has 0 aliphatic rings. The van der Waals surface area contributed by atoms with Crippen molar-refractivity contribution in [3.05, 3.63) is 35.9 Å². The average Bonchev–Trinajstić information content (AvgIpc) is 2.30. The molecule has 0 atom stereocenters. The molecule has 0 heterocycles. The van der Waals surface area contributed by atoms with E-state index in [1.807, 2.05) is 30.3 Å². The van der Waals surface area contributed by atoms with Crippen LogP contribution in [0, 0.1) is 11.8 Å². The molecule has 1 nitrogen and oxygen atoms in total. The molecule has 15 heavy (non-hydrogen) atoms. The van der Waals surface area contributed by atoms with Crippen LogP contribution in [0.3, 0.4) is 0 Å². The molecular formula is C14H17N. The summed E-state index contributed by atoms with van der Waals surface area (Å²) in [5.41, 5.74) is 1.98. The number of hydrogen-bond acceptors (Lipinski definition) is 1. The Kier molecular flexibility index (Phi) is 5.25. The SMILES string of the molecule is CCCCC#CC(=NC)c1ccccc1. The maximum absolute atomic E-state index is 4.20.